The van der Waals surface area contributed by atoms with E-state index in [-0.39, 0.29) is 36.5 Å². The molecule has 2 saturated heterocycles. The molecule has 1 N–H and O–H groups in total. The molecule has 0 saturated carbocycles. The number of halogens is 1. The molecule has 3 aromatic carbocycles. The quantitative estimate of drug-likeness (QED) is 0.503. The maximum atomic E-state index is 14.2. The van der Waals surface area contributed by atoms with Gasteiger partial charge in [0.2, 0.25) is 0 Å². The normalized spacial score (nSPS) is 24.4. The minimum atomic E-state index is -0.979. The molecule has 1 amide bonds. The fourth-order valence-corrected chi connectivity index (χ4v) is 6.63. The van der Waals surface area contributed by atoms with Crippen LogP contribution in [0, 0.1) is 5.82 Å². The van der Waals surface area contributed by atoms with E-state index in [0.29, 0.717) is 19.3 Å². The number of carbonyl (C=O) groups excluding carboxylic acids is 1. The second kappa shape index (κ2) is 8.93. The molecular formula is C30H30FNO4. The minimum Gasteiger partial charge on any atom is -0.494 e. The Hall–Kier alpha value is -3.38. The van der Waals surface area contributed by atoms with Crippen molar-refractivity contribution < 1.29 is 23.8 Å². The Balaban J connectivity index is 1.14. The summed E-state index contributed by atoms with van der Waals surface area (Å²) in [6.45, 7) is 0.290. The van der Waals surface area contributed by atoms with Crippen LogP contribution in [0.5, 0.6) is 5.75 Å². The summed E-state index contributed by atoms with van der Waals surface area (Å²) in [6, 6.07) is 21.3. The van der Waals surface area contributed by atoms with Crippen LogP contribution in [-0.4, -0.2) is 47.5 Å². The number of ether oxygens (including phenoxy) is 2. The molecule has 2 bridgehead atoms. The van der Waals surface area contributed by atoms with Crippen molar-refractivity contribution in [3.63, 3.8) is 0 Å². The summed E-state index contributed by atoms with van der Waals surface area (Å²) in [4.78, 5) is 15.1. The first-order valence-electron chi connectivity index (χ1n) is 12.6. The third-order valence-electron chi connectivity index (χ3n) is 8.15. The molecule has 2 atom stereocenters. The van der Waals surface area contributed by atoms with Gasteiger partial charge in [0.15, 0.2) is 11.6 Å². The number of hydrogen-bond donors (Lipinski definition) is 1. The first-order valence-corrected chi connectivity index (χ1v) is 12.6. The summed E-state index contributed by atoms with van der Waals surface area (Å²) < 4.78 is 25.1. The lowest BCUT2D eigenvalue weighted by Gasteiger charge is -2.43. The van der Waals surface area contributed by atoms with Gasteiger partial charge in [-0.2, -0.15) is 0 Å². The van der Waals surface area contributed by atoms with Crippen molar-refractivity contribution in [3.8, 4) is 16.9 Å². The van der Waals surface area contributed by atoms with Crippen molar-refractivity contribution in [2.24, 2.45) is 0 Å². The molecule has 0 radical (unpaired) electrons. The van der Waals surface area contributed by atoms with E-state index in [1.165, 1.54) is 35.4 Å². The van der Waals surface area contributed by atoms with Gasteiger partial charge in [-0.1, -0.05) is 54.6 Å². The van der Waals surface area contributed by atoms with Crippen LogP contribution in [0.25, 0.3) is 11.1 Å². The zero-order valence-electron chi connectivity index (χ0n) is 20.3. The van der Waals surface area contributed by atoms with Crippen LogP contribution in [0.4, 0.5) is 9.18 Å². The Labute approximate surface area is 210 Å². The summed E-state index contributed by atoms with van der Waals surface area (Å²) in [5.74, 6) is -0.223. The Morgan fingerprint density at radius 3 is 2.19 bits per heavy atom. The summed E-state index contributed by atoms with van der Waals surface area (Å²) >= 11 is 0. The van der Waals surface area contributed by atoms with Crippen LogP contribution in [0.1, 0.15) is 48.3 Å². The third kappa shape index (κ3) is 3.94. The van der Waals surface area contributed by atoms with Crippen molar-refractivity contribution in [3.05, 3.63) is 89.2 Å². The van der Waals surface area contributed by atoms with E-state index in [0.717, 1.165) is 18.4 Å². The molecule has 5 nitrogen and oxygen atoms in total. The monoisotopic (exact) mass is 487 g/mol. The Morgan fingerprint density at radius 2 is 1.61 bits per heavy atom. The van der Waals surface area contributed by atoms with Crippen molar-refractivity contribution in [2.75, 3.05) is 13.7 Å². The summed E-state index contributed by atoms with van der Waals surface area (Å²) in [5, 5.41) is 11.4. The molecule has 186 valence electrons. The number of methoxy groups -OCH3 is 1. The molecule has 6 heteroatoms. The molecule has 0 aromatic heterocycles. The molecule has 1 aliphatic carbocycles. The number of nitrogens with zero attached hydrogens (tertiary/aromatic N) is 1. The predicted molar refractivity (Wildman–Crippen MR) is 135 cm³/mol. The molecule has 0 spiro atoms. The van der Waals surface area contributed by atoms with E-state index in [1.807, 2.05) is 29.2 Å². The minimum absolute atomic E-state index is 0.0192. The number of fused-ring (bicyclic) bond motifs is 5. The number of hydrogen-bond acceptors (Lipinski definition) is 4. The molecule has 6 rings (SSSR count). The second-order valence-corrected chi connectivity index (χ2v) is 10.4. The highest BCUT2D eigenvalue weighted by atomic mass is 19.1. The molecule has 2 unspecified atom stereocenters. The number of rotatable bonds is 5. The Bertz CT molecular complexity index is 1250. The SMILES string of the molecule is COc1ccc(CC2(O)CC3CCC(C2)N3C(=O)OCC2c3ccccc3-c3ccccc32)cc1F. The van der Waals surface area contributed by atoms with Gasteiger partial charge in [0.1, 0.15) is 6.61 Å². The second-order valence-electron chi connectivity index (χ2n) is 10.4. The van der Waals surface area contributed by atoms with Crippen molar-refractivity contribution >= 4 is 6.09 Å². The first-order chi connectivity index (χ1) is 17.5. The van der Waals surface area contributed by atoms with E-state index in [9.17, 15) is 14.3 Å². The van der Waals surface area contributed by atoms with Gasteiger partial charge in [0.25, 0.3) is 0 Å². The van der Waals surface area contributed by atoms with E-state index in [2.05, 4.69) is 24.3 Å². The molecular weight excluding hydrogens is 457 g/mol. The van der Waals surface area contributed by atoms with Crippen molar-refractivity contribution in [1.29, 1.82) is 0 Å². The van der Waals surface area contributed by atoms with Crippen molar-refractivity contribution in [1.82, 2.24) is 4.90 Å². The maximum absolute atomic E-state index is 14.2. The maximum Gasteiger partial charge on any atom is 0.410 e. The lowest BCUT2D eigenvalue weighted by Crippen LogP contribution is -2.54. The molecule has 3 aliphatic rings. The first kappa shape index (κ1) is 23.0. The lowest BCUT2D eigenvalue weighted by atomic mass is 9.81. The van der Waals surface area contributed by atoms with E-state index < -0.39 is 11.4 Å². The number of carbonyl (C=O) groups is 1. The van der Waals surface area contributed by atoms with Gasteiger partial charge < -0.3 is 19.5 Å². The van der Waals surface area contributed by atoms with Crippen LogP contribution < -0.4 is 4.74 Å². The average molecular weight is 488 g/mol. The van der Waals surface area contributed by atoms with Gasteiger partial charge in [-0.25, -0.2) is 9.18 Å². The summed E-state index contributed by atoms with van der Waals surface area (Å²) in [7, 11) is 1.43. The molecule has 2 aliphatic heterocycles. The van der Waals surface area contributed by atoms with Gasteiger partial charge in [0, 0.05) is 24.4 Å². The Morgan fingerprint density at radius 1 is 1.00 bits per heavy atom. The average Bonchev–Trinajstić information content (AvgIpc) is 3.35. The van der Waals surface area contributed by atoms with Gasteiger partial charge in [-0.05, 0) is 65.6 Å². The Kier molecular flexibility index (Phi) is 5.72. The van der Waals surface area contributed by atoms with Crippen LogP contribution in [0.2, 0.25) is 0 Å². The lowest BCUT2D eigenvalue weighted by molar-refractivity contribution is -0.0479. The van der Waals surface area contributed by atoms with Gasteiger partial charge >= 0.3 is 6.09 Å². The molecule has 3 aromatic rings. The highest BCUT2D eigenvalue weighted by molar-refractivity contribution is 5.79. The zero-order chi connectivity index (χ0) is 24.9. The van der Waals surface area contributed by atoms with Gasteiger partial charge in [0.05, 0.1) is 12.7 Å². The standard InChI is InChI=1S/C30H30FNO4/c1-35-28-13-10-19(14-27(28)31)15-30(34)16-20-11-12-21(17-30)32(20)29(33)36-18-26-24-8-4-2-6-22(24)23-7-3-5-9-25(23)26/h2-10,13-14,20-21,26,34H,11-12,15-18H2,1H3. The van der Waals surface area contributed by atoms with Crippen LogP contribution in [0.3, 0.4) is 0 Å². The smallest absolute Gasteiger partial charge is 0.410 e. The molecule has 2 fully saturated rings. The van der Waals surface area contributed by atoms with E-state index >= 15 is 0 Å². The van der Waals surface area contributed by atoms with Gasteiger partial charge in [-0.3, -0.25) is 0 Å². The molecule has 2 heterocycles. The topological polar surface area (TPSA) is 59.0 Å². The zero-order valence-corrected chi connectivity index (χ0v) is 20.3. The highest BCUT2D eigenvalue weighted by Gasteiger charge is 2.50. The number of piperidine rings is 1. The van der Waals surface area contributed by atoms with E-state index in [1.54, 1.807) is 12.1 Å². The largest absolute Gasteiger partial charge is 0.494 e. The third-order valence-corrected chi connectivity index (χ3v) is 8.15. The van der Waals surface area contributed by atoms with Crippen LogP contribution in [-0.2, 0) is 11.2 Å². The van der Waals surface area contributed by atoms with E-state index in [4.69, 9.17) is 9.47 Å². The predicted octanol–water partition coefficient (Wildman–Crippen LogP) is 5.68. The van der Waals surface area contributed by atoms with Gasteiger partial charge in [-0.15, -0.1) is 0 Å². The van der Waals surface area contributed by atoms with Crippen LogP contribution in [0.15, 0.2) is 66.7 Å². The fraction of sp³-hybridized carbons (Fsp3) is 0.367. The number of amides is 1. The number of benzene rings is 3. The van der Waals surface area contributed by atoms with Crippen LogP contribution >= 0.6 is 0 Å². The van der Waals surface area contributed by atoms with Crippen molar-refractivity contribution in [2.45, 2.75) is 55.7 Å². The fourth-order valence-electron chi connectivity index (χ4n) is 6.63. The highest BCUT2D eigenvalue weighted by Crippen LogP contribution is 2.46. The molecule has 36 heavy (non-hydrogen) atoms. The number of aliphatic hydroxyl groups is 1. The summed E-state index contributed by atoms with van der Waals surface area (Å²) in [5.41, 5.74) is 4.53. The summed E-state index contributed by atoms with van der Waals surface area (Å²) in [6.07, 6.45) is 2.65.